The second-order valence-corrected chi connectivity index (χ2v) is 9.36. The van der Waals surface area contributed by atoms with Crippen LogP contribution in [0.3, 0.4) is 0 Å². The molecule has 4 heterocycles. The smallest absolute Gasteiger partial charge is 0.271 e. The molecule has 0 saturated carbocycles. The van der Waals surface area contributed by atoms with Crippen LogP contribution in [-0.2, 0) is 4.79 Å². The molecule has 0 radical (unpaired) electrons. The van der Waals surface area contributed by atoms with Gasteiger partial charge in [0.15, 0.2) is 5.78 Å². The Kier molecular flexibility index (Phi) is 6.79. The van der Waals surface area contributed by atoms with Crippen molar-refractivity contribution in [2.75, 3.05) is 44.2 Å². The van der Waals surface area contributed by atoms with E-state index in [1.165, 1.54) is 0 Å². The number of nitrogens with zero attached hydrogens (tertiary/aromatic N) is 5. The molecule has 1 N–H and O–H groups in total. The Morgan fingerprint density at radius 3 is 2.22 bits per heavy atom. The van der Waals surface area contributed by atoms with E-state index in [0.29, 0.717) is 61.7 Å². The lowest BCUT2D eigenvalue weighted by molar-refractivity contribution is -0.137. The third kappa shape index (κ3) is 5.00. The Morgan fingerprint density at radius 1 is 0.861 bits per heavy atom. The van der Waals surface area contributed by atoms with Crippen LogP contribution in [0.2, 0.25) is 0 Å². The van der Waals surface area contributed by atoms with Gasteiger partial charge in [0.1, 0.15) is 11.4 Å². The third-order valence-electron chi connectivity index (χ3n) is 7.10. The van der Waals surface area contributed by atoms with E-state index in [4.69, 9.17) is 0 Å². The number of aromatic amines is 1. The summed E-state index contributed by atoms with van der Waals surface area (Å²) < 4.78 is 0. The van der Waals surface area contributed by atoms with Gasteiger partial charge in [-0.2, -0.15) is 5.10 Å². The van der Waals surface area contributed by atoms with E-state index in [9.17, 15) is 14.4 Å². The Bertz CT molecular complexity index is 1220. The van der Waals surface area contributed by atoms with Gasteiger partial charge in [-0.3, -0.25) is 24.5 Å². The first kappa shape index (κ1) is 23.7. The zero-order valence-electron chi connectivity index (χ0n) is 20.4. The van der Waals surface area contributed by atoms with E-state index in [1.54, 1.807) is 24.1 Å². The van der Waals surface area contributed by atoms with Crippen molar-refractivity contribution in [3.8, 4) is 11.4 Å². The minimum absolute atomic E-state index is 0.0544. The zero-order valence-corrected chi connectivity index (χ0v) is 20.4. The van der Waals surface area contributed by atoms with Gasteiger partial charge in [-0.05, 0) is 62.2 Å². The van der Waals surface area contributed by atoms with Crippen LogP contribution in [0.15, 0.2) is 54.7 Å². The molecule has 2 amide bonds. The number of pyridine rings is 1. The Morgan fingerprint density at radius 2 is 1.58 bits per heavy atom. The number of H-pyrrole nitrogens is 1. The van der Waals surface area contributed by atoms with Gasteiger partial charge in [0, 0.05) is 62.6 Å². The highest BCUT2D eigenvalue weighted by atomic mass is 16.2. The fourth-order valence-electron chi connectivity index (χ4n) is 4.93. The standard InChI is InChI=1S/C27H30N6O3/c1-19(34)20-5-7-22(8-6-20)31-14-16-33(17-15-31)26(35)21-9-12-32(13-10-21)27(36)25-18-24(29-30-25)23-4-2-3-11-28-23/h2-8,11,18,21H,9-10,12-17H2,1H3,(H,29,30). The molecule has 0 unspecified atom stereocenters. The molecule has 186 valence electrons. The van der Waals surface area contributed by atoms with Crippen molar-refractivity contribution >= 4 is 23.3 Å². The van der Waals surface area contributed by atoms with Gasteiger partial charge < -0.3 is 14.7 Å². The van der Waals surface area contributed by atoms with Crippen molar-refractivity contribution in [3.05, 3.63) is 66.0 Å². The number of rotatable bonds is 5. The van der Waals surface area contributed by atoms with E-state index in [-0.39, 0.29) is 23.5 Å². The number of carbonyl (C=O) groups is 3. The normalized spacial score (nSPS) is 16.8. The quantitative estimate of drug-likeness (QED) is 0.557. The third-order valence-corrected chi connectivity index (χ3v) is 7.10. The van der Waals surface area contributed by atoms with Crippen molar-refractivity contribution in [1.29, 1.82) is 0 Å². The molecule has 5 rings (SSSR count). The summed E-state index contributed by atoms with van der Waals surface area (Å²) in [4.78, 5) is 47.9. The molecule has 2 aliphatic heterocycles. The SMILES string of the molecule is CC(=O)c1ccc(N2CCN(C(=O)C3CCN(C(=O)c4cc(-c5ccccn5)n[nH]4)CC3)CC2)cc1. The van der Waals surface area contributed by atoms with Crippen LogP contribution in [0, 0.1) is 5.92 Å². The second kappa shape index (κ2) is 10.3. The highest BCUT2D eigenvalue weighted by molar-refractivity contribution is 5.94. The van der Waals surface area contributed by atoms with E-state index in [2.05, 4.69) is 20.1 Å². The monoisotopic (exact) mass is 486 g/mol. The van der Waals surface area contributed by atoms with Gasteiger partial charge in [-0.25, -0.2) is 0 Å². The van der Waals surface area contributed by atoms with Crippen LogP contribution in [0.25, 0.3) is 11.4 Å². The molecule has 0 aliphatic carbocycles. The van der Waals surface area contributed by atoms with Gasteiger partial charge in [0.2, 0.25) is 5.91 Å². The maximum Gasteiger partial charge on any atom is 0.271 e. The topological polar surface area (TPSA) is 102 Å². The minimum Gasteiger partial charge on any atom is -0.368 e. The maximum atomic E-state index is 13.2. The highest BCUT2D eigenvalue weighted by Crippen LogP contribution is 2.24. The molecule has 0 spiro atoms. The number of hydrogen-bond acceptors (Lipinski definition) is 6. The second-order valence-electron chi connectivity index (χ2n) is 9.36. The van der Waals surface area contributed by atoms with Crippen molar-refractivity contribution < 1.29 is 14.4 Å². The van der Waals surface area contributed by atoms with E-state index < -0.39 is 0 Å². The average Bonchev–Trinajstić information content (AvgIpc) is 3.43. The highest BCUT2D eigenvalue weighted by Gasteiger charge is 2.32. The summed E-state index contributed by atoms with van der Waals surface area (Å²) in [5.74, 6) is 0.0949. The molecule has 0 atom stereocenters. The van der Waals surface area contributed by atoms with Crippen LogP contribution in [0.5, 0.6) is 0 Å². The predicted octanol–water partition coefficient (Wildman–Crippen LogP) is 2.88. The van der Waals surface area contributed by atoms with Crippen molar-refractivity contribution in [1.82, 2.24) is 25.0 Å². The summed E-state index contributed by atoms with van der Waals surface area (Å²) in [6.45, 7) is 5.55. The Labute approximate surface area is 210 Å². The Hall–Kier alpha value is -4.01. The van der Waals surface area contributed by atoms with Gasteiger partial charge in [-0.1, -0.05) is 6.07 Å². The largest absolute Gasteiger partial charge is 0.368 e. The molecule has 2 aromatic heterocycles. The molecule has 9 heteroatoms. The molecular formula is C27H30N6O3. The van der Waals surface area contributed by atoms with Gasteiger partial charge in [0.05, 0.1) is 5.69 Å². The molecule has 3 aromatic rings. The van der Waals surface area contributed by atoms with E-state index >= 15 is 0 Å². The van der Waals surface area contributed by atoms with E-state index in [0.717, 1.165) is 18.8 Å². The summed E-state index contributed by atoms with van der Waals surface area (Å²) in [6, 6.07) is 15.0. The van der Waals surface area contributed by atoms with Crippen LogP contribution >= 0.6 is 0 Å². The number of aromatic nitrogens is 3. The Balaban J connectivity index is 1.11. The predicted molar refractivity (Wildman–Crippen MR) is 136 cm³/mol. The lowest BCUT2D eigenvalue weighted by Gasteiger charge is -2.39. The number of benzene rings is 1. The number of anilines is 1. The number of carbonyl (C=O) groups excluding carboxylic acids is 3. The van der Waals surface area contributed by atoms with Gasteiger partial charge in [0.25, 0.3) is 5.91 Å². The molecule has 2 saturated heterocycles. The van der Waals surface area contributed by atoms with Crippen molar-refractivity contribution in [3.63, 3.8) is 0 Å². The summed E-state index contributed by atoms with van der Waals surface area (Å²) in [7, 11) is 0. The van der Waals surface area contributed by atoms with Crippen molar-refractivity contribution in [2.45, 2.75) is 19.8 Å². The minimum atomic E-state index is -0.0972. The zero-order chi connectivity index (χ0) is 25.1. The van der Waals surface area contributed by atoms with Crippen LogP contribution in [-0.4, -0.2) is 81.8 Å². The summed E-state index contributed by atoms with van der Waals surface area (Å²) in [5.41, 5.74) is 3.57. The number of piperidine rings is 1. The maximum absolute atomic E-state index is 13.2. The number of nitrogens with one attached hydrogen (secondary N) is 1. The molecule has 9 nitrogen and oxygen atoms in total. The van der Waals surface area contributed by atoms with E-state index in [1.807, 2.05) is 47.4 Å². The number of Topliss-reactive ketones (excluding diaryl/α,β-unsaturated/α-hetero) is 1. The molecule has 2 fully saturated rings. The summed E-state index contributed by atoms with van der Waals surface area (Å²) in [5, 5.41) is 7.07. The number of ketones is 1. The number of amides is 2. The fourth-order valence-corrected chi connectivity index (χ4v) is 4.93. The molecule has 1 aromatic carbocycles. The lowest BCUT2D eigenvalue weighted by atomic mass is 9.94. The van der Waals surface area contributed by atoms with Crippen LogP contribution in [0.1, 0.15) is 40.6 Å². The van der Waals surface area contributed by atoms with Crippen LogP contribution in [0.4, 0.5) is 5.69 Å². The molecule has 0 bridgehead atoms. The van der Waals surface area contributed by atoms with Crippen molar-refractivity contribution in [2.24, 2.45) is 5.92 Å². The first-order chi connectivity index (χ1) is 17.5. The van der Waals surface area contributed by atoms with Gasteiger partial charge in [-0.15, -0.1) is 0 Å². The van der Waals surface area contributed by atoms with Gasteiger partial charge >= 0.3 is 0 Å². The van der Waals surface area contributed by atoms with Crippen LogP contribution < -0.4 is 4.90 Å². The first-order valence-corrected chi connectivity index (χ1v) is 12.4. The lowest BCUT2D eigenvalue weighted by Crippen LogP contribution is -2.52. The molecule has 2 aliphatic rings. The summed E-state index contributed by atoms with van der Waals surface area (Å²) >= 11 is 0. The number of hydrogen-bond donors (Lipinski definition) is 1. The average molecular weight is 487 g/mol. The number of piperazine rings is 1. The first-order valence-electron chi connectivity index (χ1n) is 12.4. The number of likely N-dealkylation sites (tertiary alicyclic amines) is 1. The molecule has 36 heavy (non-hydrogen) atoms. The molecular weight excluding hydrogens is 456 g/mol. The summed E-state index contributed by atoms with van der Waals surface area (Å²) in [6.07, 6.45) is 3.02. The fraction of sp³-hybridized carbons (Fsp3) is 0.370.